The molecule has 2 nitrogen and oxygen atoms in total. The summed E-state index contributed by atoms with van der Waals surface area (Å²) in [6, 6.07) is 33.2. The predicted octanol–water partition coefficient (Wildman–Crippen LogP) is 6.49. The van der Waals surface area contributed by atoms with E-state index in [1.165, 1.54) is 21.5 Å². The number of rotatable bonds is 2. The molecule has 4 N–H and O–H groups in total. The van der Waals surface area contributed by atoms with Crippen LogP contribution in [0.3, 0.4) is 0 Å². The molecule has 5 rings (SSSR count). The molecule has 2 heteroatoms. The molecular weight excluding hydrogens is 340 g/mol. The Morgan fingerprint density at radius 1 is 0.393 bits per heavy atom. The lowest BCUT2D eigenvalue weighted by Gasteiger charge is -2.18. The number of fused-ring (bicyclic) bond motifs is 2. The van der Waals surface area contributed by atoms with Crippen LogP contribution in [0.25, 0.3) is 43.8 Å². The van der Waals surface area contributed by atoms with Crippen molar-refractivity contribution < 1.29 is 0 Å². The van der Waals surface area contributed by atoms with Crippen LogP contribution in [0.1, 0.15) is 0 Å². The molecular formula is C26H20N2. The molecule has 28 heavy (non-hydrogen) atoms. The average molecular weight is 360 g/mol. The average Bonchev–Trinajstić information content (AvgIpc) is 2.74. The third-order valence-corrected chi connectivity index (χ3v) is 5.39. The maximum atomic E-state index is 6.54. The van der Waals surface area contributed by atoms with Crippen LogP contribution in [0.2, 0.25) is 0 Å². The summed E-state index contributed by atoms with van der Waals surface area (Å²) in [6.45, 7) is 0. The molecule has 0 fully saturated rings. The molecule has 0 heterocycles. The zero-order chi connectivity index (χ0) is 19.1. The van der Waals surface area contributed by atoms with E-state index in [4.69, 9.17) is 11.5 Å². The zero-order valence-corrected chi connectivity index (χ0v) is 15.4. The SMILES string of the molecule is Nc1ccc(N)c(-c2cccc3ccccc23)c1-c1cccc2ccccc12. The van der Waals surface area contributed by atoms with Gasteiger partial charge in [-0.05, 0) is 44.8 Å². The fourth-order valence-electron chi connectivity index (χ4n) is 4.10. The summed E-state index contributed by atoms with van der Waals surface area (Å²) in [4.78, 5) is 0. The first-order valence-electron chi connectivity index (χ1n) is 9.38. The summed E-state index contributed by atoms with van der Waals surface area (Å²) in [7, 11) is 0. The van der Waals surface area contributed by atoms with Gasteiger partial charge in [-0.2, -0.15) is 0 Å². The van der Waals surface area contributed by atoms with E-state index >= 15 is 0 Å². The van der Waals surface area contributed by atoms with Gasteiger partial charge in [-0.1, -0.05) is 84.9 Å². The fraction of sp³-hybridized carbons (Fsp3) is 0. The quantitative estimate of drug-likeness (QED) is 0.353. The second-order valence-corrected chi connectivity index (χ2v) is 7.05. The van der Waals surface area contributed by atoms with E-state index in [2.05, 4.69) is 84.9 Å². The highest BCUT2D eigenvalue weighted by molar-refractivity contribution is 6.10. The first kappa shape index (κ1) is 16.4. The van der Waals surface area contributed by atoms with Crippen LogP contribution in [-0.2, 0) is 0 Å². The van der Waals surface area contributed by atoms with E-state index in [0.29, 0.717) is 0 Å². The van der Waals surface area contributed by atoms with Crippen molar-refractivity contribution in [3.05, 3.63) is 97.1 Å². The zero-order valence-electron chi connectivity index (χ0n) is 15.4. The minimum atomic E-state index is 0.730. The standard InChI is InChI=1S/C26H20N2/c27-23-15-16-24(28)26(22-14-6-10-18-8-2-4-12-20(18)22)25(23)21-13-5-9-17-7-1-3-11-19(17)21/h1-16H,27-28H2. The van der Waals surface area contributed by atoms with Gasteiger partial charge in [0.15, 0.2) is 0 Å². The minimum absolute atomic E-state index is 0.730. The van der Waals surface area contributed by atoms with Gasteiger partial charge in [0.1, 0.15) is 0 Å². The number of hydrogen-bond donors (Lipinski definition) is 2. The van der Waals surface area contributed by atoms with Crippen molar-refractivity contribution in [2.24, 2.45) is 0 Å². The van der Waals surface area contributed by atoms with Crippen molar-refractivity contribution >= 4 is 32.9 Å². The van der Waals surface area contributed by atoms with Crippen LogP contribution in [0.4, 0.5) is 11.4 Å². The number of nitrogen functional groups attached to an aromatic ring is 2. The molecule has 0 amide bonds. The van der Waals surface area contributed by atoms with Crippen molar-refractivity contribution in [2.45, 2.75) is 0 Å². The van der Waals surface area contributed by atoms with Crippen LogP contribution >= 0.6 is 0 Å². The van der Waals surface area contributed by atoms with Gasteiger partial charge in [-0.25, -0.2) is 0 Å². The highest BCUT2D eigenvalue weighted by Gasteiger charge is 2.17. The molecule has 0 aromatic heterocycles. The Labute approximate surface area is 164 Å². The monoisotopic (exact) mass is 360 g/mol. The molecule has 0 saturated heterocycles. The van der Waals surface area contributed by atoms with Gasteiger partial charge in [0.05, 0.1) is 0 Å². The third-order valence-electron chi connectivity index (χ3n) is 5.39. The van der Waals surface area contributed by atoms with E-state index in [1.54, 1.807) is 0 Å². The van der Waals surface area contributed by atoms with Crippen molar-refractivity contribution in [3.63, 3.8) is 0 Å². The second kappa shape index (κ2) is 6.43. The van der Waals surface area contributed by atoms with E-state index in [-0.39, 0.29) is 0 Å². The first-order valence-corrected chi connectivity index (χ1v) is 9.38. The molecule has 5 aromatic carbocycles. The molecule has 0 saturated carbocycles. The Hall–Kier alpha value is -3.78. The molecule has 0 atom stereocenters. The highest BCUT2D eigenvalue weighted by Crippen LogP contribution is 2.44. The third kappa shape index (κ3) is 2.50. The van der Waals surface area contributed by atoms with E-state index in [9.17, 15) is 0 Å². The van der Waals surface area contributed by atoms with Gasteiger partial charge in [0, 0.05) is 22.5 Å². The van der Waals surface area contributed by atoms with Crippen molar-refractivity contribution in [1.82, 2.24) is 0 Å². The summed E-state index contributed by atoms with van der Waals surface area (Å²) < 4.78 is 0. The fourth-order valence-corrected chi connectivity index (χ4v) is 4.10. The number of nitrogens with two attached hydrogens (primary N) is 2. The van der Waals surface area contributed by atoms with Gasteiger partial charge >= 0.3 is 0 Å². The van der Waals surface area contributed by atoms with E-state index < -0.39 is 0 Å². The predicted molar refractivity (Wildman–Crippen MR) is 121 cm³/mol. The Kier molecular flexibility index (Phi) is 3.77. The Bertz CT molecular complexity index is 1220. The summed E-state index contributed by atoms with van der Waals surface area (Å²) in [5.41, 5.74) is 18.7. The number of hydrogen-bond acceptors (Lipinski definition) is 2. The maximum Gasteiger partial charge on any atom is 0.0401 e. The van der Waals surface area contributed by atoms with Gasteiger partial charge in [-0.3, -0.25) is 0 Å². The number of benzene rings is 5. The molecule has 5 aromatic rings. The van der Waals surface area contributed by atoms with Crippen LogP contribution in [-0.4, -0.2) is 0 Å². The molecule has 0 aliphatic rings. The van der Waals surface area contributed by atoms with Crippen LogP contribution in [0, 0.1) is 0 Å². The molecule has 0 aliphatic heterocycles. The largest absolute Gasteiger partial charge is 0.398 e. The second-order valence-electron chi connectivity index (χ2n) is 7.05. The van der Waals surface area contributed by atoms with Gasteiger partial charge < -0.3 is 11.5 Å². The highest BCUT2D eigenvalue weighted by atomic mass is 14.6. The van der Waals surface area contributed by atoms with E-state index in [0.717, 1.165) is 33.6 Å². The lowest BCUT2D eigenvalue weighted by Crippen LogP contribution is -1.99. The van der Waals surface area contributed by atoms with Crippen LogP contribution in [0.15, 0.2) is 97.1 Å². The summed E-state index contributed by atoms with van der Waals surface area (Å²) in [5, 5.41) is 4.71. The topological polar surface area (TPSA) is 52.0 Å². The Morgan fingerprint density at radius 3 is 1.25 bits per heavy atom. The molecule has 0 unspecified atom stereocenters. The van der Waals surface area contributed by atoms with Crippen molar-refractivity contribution in [2.75, 3.05) is 11.5 Å². The lowest BCUT2D eigenvalue weighted by molar-refractivity contribution is 1.60. The Balaban J connectivity index is 1.92. The Morgan fingerprint density at radius 2 is 0.786 bits per heavy atom. The van der Waals surface area contributed by atoms with Crippen LogP contribution < -0.4 is 11.5 Å². The van der Waals surface area contributed by atoms with Crippen molar-refractivity contribution in [3.8, 4) is 22.3 Å². The van der Waals surface area contributed by atoms with Gasteiger partial charge in [-0.15, -0.1) is 0 Å². The maximum absolute atomic E-state index is 6.54. The first-order chi connectivity index (χ1) is 13.7. The minimum Gasteiger partial charge on any atom is -0.398 e. The van der Waals surface area contributed by atoms with Gasteiger partial charge in [0.2, 0.25) is 0 Å². The summed E-state index contributed by atoms with van der Waals surface area (Å²) in [6.07, 6.45) is 0. The molecule has 0 spiro atoms. The molecule has 0 radical (unpaired) electrons. The number of anilines is 2. The summed E-state index contributed by atoms with van der Waals surface area (Å²) >= 11 is 0. The summed E-state index contributed by atoms with van der Waals surface area (Å²) in [5.74, 6) is 0. The van der Waals surface area contributed by atoms with E-state index in [1.807, 2.05) is 12.1 Å². The molecule has 0 aliphatic carbocycles. The smallest absolute Gasteiger partial charge is 0.0401 e. The lowest BCUT2D eigenvalue weighted by atomic mass is 9.87. The molecule has 0 bridgehead atoms. The van der Waals surface area contributed by atoms with Crippen LogP contribution in [0.5, 0.6) is 0 Å². The normalized spacial score (nSPS) is 11.1. The van der Waals surface area contributed by atoms with Crippen molar-refractivity contribution in [1.29, 1.82) is 0 Å². The molecule has 134 valence electrons. The van der Waals surface area contributed by atoms with Gasteiger partial charge in [0.25, 0.3) is 0 Å².